The van der Waals surface area contributed by atoms with E-state index in [4.69, 9.17) is 22.3 Å². The fourth-order valence-corrected chi connectivity index (χ4v) is 4.49. The Kier molecular flexibility index (Phi) is 8.15. The fraction of sp³-hybridized carbons (Fsp3) is 0.579. The molecule has 0 aromatic heterocycles. The molecule has 0 aliphatic carbocycles. The van der Waals surface area contributed by atoms with E-state index >= 15 is 0 Å². The van der Waals surface area contributed by atoms with Crippen molar-refractivity contribution in [3.63, 3.8) is 0 Å². The maximum absolute atomic E-state index is 10.7. The first kappa shape index (κ1) is 23.4. The monoisotopic (exact) mass is 505 g/mol. The van der Waals surface area contributed by atoms with Crippen LogP contribution in [0.25, 0.3) is 0 Å². The standard InChI is InChI=1S/C19H29ClIN3OSi/c1-7-13(10-19(3,4)26(5,6)25)18(12(2)23)24-15-9-8-14(11-22)16(20)17(15)21/h8-9,13,18,23-25H,7,10H2,1-6H3/t13-,18-/m0/s1. The maximum Gasteiger partial charge on any atom is 0.188 e. The second kappa shape index (κ2) is 9.05. The van der Waals surface area contributed by atoms with Crippen molar-refractivity contribution in [3.8, 4) is 6.07 Å². The van der Waals surface area contributed by atoms with Gasteiger partial charge in [0.2, 0.25) is 0 Å². The van der Waals surface area contributed by atoms with E-state index in [-0.39, 0.29) is 17.0 Å². The van der Waals surface area contributed by atoms with Gasteiger partial charge in [0.15, 0.2) is 8.32 Å². The molecule has 1 rings (SSSR count). The number of halogens is 2. The van der Waals surface area contributed by atoms with Crippen molar-refractivity contribution in [3.05, 3.63) is 26.3 Å². The molecule has 7 heteroatoms. The molecule has 0 fully saturated rings. The van der Waals surface area contributed by atoms with Gasteiger partial charge in [-0.05, 0) is 72.1 Å². The number of rotatable bonds is 8. The predicted octanol–water partition coefficient (Wildman–Crippen LogP) is 6.03. The third-order valence-corrected chi connectivity index (χ3v) is 10.8. The minimum Gasteiger partial charge on any atom is -0.432 e. The molecular formula is C19H29ClIN3OSi. The Balaban J connectivity index is 3.18. The van der Waals surface area contributed by atoms with Crippen molar-refractivity contribution in [2.45, 2.75) is 64.7 Å². The molecule has 2 atom stereocenters. The van der Waals surface area contributed by atoms with Crippen LogP contribution in [-0.2, 0) is 0 Å². The highest BCUT2D eigenvalue weighted by Crippen LogP contribution is 2.43. The number of hydrogen-bond acceptors (Lipinski definition) is 4. The molecule has 0 radical (unpaired) electrons. The summed E-state index contributed by atoms with van der Waals surface area (Å²) in [6, 6.07) is 5.50. The van der Waals surface area contributed by atoms with Gasteiger partial charge in [-0.2, -0.15) is 5.26 Å². The van der Waals surface area contributed by atoms with Gasteiger partial charge in [-0.3, -0.25) is 0 Å². The highest BCUT2D eigenvalue weighted by molar-refractivity contribution is 14.1. The van der Waals surface area contributed by atoms with Crippen LogP contribution in [0.4, 0.5) is 5.69 Å². The van der Waals surface area contributed by atoms with Gasteiger partial charge >= 0.3 is 0 Å². The van der Waals surface area contributed by atoms with Gasteiger partial charge in [0.25, 0.3) is 0 Å². The van der Waals surface area contributed by atoms with Gasteiger partial charge in [-0.15, -0.1) is 0 Å². The molecule has 1 aromatic rings. The van der Waals surface area contributed by atoms with Gasteiger partial charge < -0.3 is 15.5 Å². The fourth-order valence-electron chi connectivity index (χ4n) is 2.90. The van der Waals surface area contributed by atoms with Crippen LogP contribution in [0.2, 0.25) is 23.2 Å². The molecule has 0 amide bonds. The lowest BCUT2D eigenvalue weighted by molar-refractivity contribution is 0.359. The van der Waals surface area contributed by atoms with Crippen molar-refractivity contribution in [1.29, 1.82) is 10.7 Å². The van der Waals surface area contributed by atoms with E-state index in [2.05, 4.69) is 54.7 Å². The largest absolute Gasteiger partial charge is 0.432 e. The van der Waals surface area contributed by atoms with Crippen LogP contribution in [0, 0.1) is 26.2 Å². The molecule has 1 aromatic carbocycles. The topological polar surface area (TPSA) is 79.9 Å². The van der Waals surface area contributed by atoms with Gasteiger partial charge in [0, 0.05) is 11.4 Å². The van der Waals surface area contributed by atoms with Gasteiger partial charge in [0.05, 0.1) is 20.2 Å². The zero-order valence-corrected chi connectivity index (χ0v) is 20.3. The van der Waals surface area contributed by atoms with Crippen LogP contribution >= 0.6 is 34.2 Å². The van der Waals surface area contributed by atoms with E-state index in [9.17, 15) is 4.80 Å². The first-order chi connectivity index (χ1) is 11.9. The summed E-state index contributed by atoms with van der Waals surface area (Å²) in [5, 5.41) is 21.2. The van der Waals surface area contributed by atoms with Crippen LogP contribution in [0.5, 0.6) is 0 Å². The smallest absolute Gasteiger partial charge is 0.188 e. The number of nitriles is 1. The Morgan fingerprint density at radius 2 is 2.04 bits per heavy atom. The molecule has 0 saturated carbocycles. The second-order valence-electron chi connectivity index (χ2n) is 8.02. The number of hydrogen-bond donors (Lipinski definition) is 3. The maximum atomic E-state index is 10.7. The minimum atomic E-state index is -2.33. The normalized spacial score (nSPS) is 14.5. The van der Waals surface area contributed by atoms with Crippen molar-refractivity contribution >= 4 is 53.9 Å². The molecule has 0 unspecified atom stereocenters. The quantitative estimate of drug-likeness (QED) is 0.229. The summed E-state index contributed by atoms with van der Waals surface area (Å²) in [5.74, 6) is 0.214. The molecule has 0 saturated heterocycles. The molecule has 0 spiro atoms. The van der Waals surface area contributed by atoms with Crippen molar-refractivity contribution in [2.75, 3.05) is 5.32 Å². The Labute approximate surface area is 177 Å². The van der Waals surface area contributed by atoms with Gasteiger partial charge in [-0.25, -0.2) is 0 Å². The Morgan fingerprint density at radius 3 is 2.46 bits per heavy atom. The summed E-state index contributed by atoms with van der Waals surface area (Å²) < 4.78 is 0.792. The highest BCUT2D eigenvalue weighted by Gasteiger charge is 2.41. The second-order valence-corrected chi connectivity index (χ2v) is 13.9. The lowest BCUT2D eigenvalue weighted by atomic mass is 9.85. The Hall–Kier alpha value is -0.623. The molecule has 4 nitrogen and oxygen atoms in total. The average molecular weight is 506 g/mol. The van der Waals surface area contributed by atoms with Crippen molar-refractivity contribution in [1.82, 2.24) is 0 Å². The molecule has 0 aliphatic heterocycles. The van der Waals surface area contributed by atoms with Crippen LogP contribution in [0.3, 0.4) is 0 Å². The number of nitrogens with zero attached hydrogens (tertiary/aromatic N) is 1. The molecule has 0 aliphatic rings. The molecule has 144 valence electrons. The summed E-state index contributed by atoms with van der Waals surface area (Å²) in [5.41, 5.74) is 1.84. The third-order valence-electron chi connectivity index (χ3n) is 5.40. The van der Waals surface area contributed by atoms with E-state index in [0.29, 0.717) is 16.3 Å². The van der Waals surface area contributed by atoms with Gasteiger partial charge in [0.1, 0.15) is 6.07 Å². The van der Waals surface area contributed by atoms with Crippen LogP contribution in [0.15, 0.2) is 12.1 Å². The summed E-state index contributed by atoms with van der Waals surface area (Å²) >= 11 is 8.43. The Morgan fingerprint density at radius 1 is 1.46 bits per heavy atom. The lowest BCUT2D eigenvalue weighted by Gasteiger charge is -2.40. The third kappa shape index (κ3) is 5.44. The Bertz CT molecular complexity index is 710. The lowest BCUT2D eigenvalue weighted by Crippen LogP contribution is -2.44. The van der Waals surface area contributed by atoms with Crippen molar-refractivity contribution < 1.29 is 4.80 Å². The number of nitrogens with one attached hydrogen (secondary N) is 2. The van der Waals surface area contributed by atoms with E-state index in [1.54, 1.807) is 6.07 Å². The summed E-state index contributed by atoms with van der Waals surface area (Å²) in [6.45, 7) is 12.1. The molecule has 0 heterocycles. The van der Waals surface area contributed by atoms with Crippen LogP contribution in [-0.4, -0.2) is 24.9 Å². The molecular weight excluding hydrogens is 477 g/mol. The summed E-state index contributed by atoms with van der Waals surface area (Å²) in [6.07, 6.45) is 1.75. The SMILES string of the molecule is CC[C@@H](CC(C)(C)[Si](C)(C)O)[C@@H](Nc1ccc(C#N)c(Cl)c1I)C(C)=N. The predicted molar refractivity (Wildman–Crippen MR) is 122 cm³/mol. The van der Waals surface area contributed by atoms with E-state index in [1.807, 2.05) is 26.1 Å². The summed E-state index contributed by atoms with van der Waals surface area (Å²) in [4.78, 5) is 10.7. The van der Waals surface area contributed by atoms with E-state index in [1.165, 1.54) is 0 Å². The average Bonchev–Trinajstić information content (AvgIpc) is 2.53. The zero-order valence-electron chi connectivity index (χ0n) is 16.4. The molecule has 0 bridgehead atoms. The van der Waals surface area contributed by atoms with Crippen LogP contribution in [0.1, 0.15) is 46.1 Å². The van der Waals surface area contributed by atoms with Gasteiger partial charge in [-0.1, -0.05) is 38.8 Å². The number of anilines is 1. The first-order valence-electron chi connectivity index (χ1n) is 8.77. The van der Waals surface area contributed by atoms with E-state index in [0.717, 1.165) is 22.1 Å². The molecule has 26 heavy (non-hydrogen) atoms. The van der Waals surface area contributed by atoms with Crippen LogP contribution < -0.4 is 5.32 Å². The highest BCUT2D eigenvalue weighted by atomic mass is 127. The number of benzene rings is 1. The minimum absolute atomic E-state index is 0.145. The van der Waals surface area contributed by atoms with Crippen molar-refractivity contribution in [2.24, 2.45) is 5.92 Å². The van der Waals surface area contributed by atoms with E-state index < -0.39 is 8.32 Å². The zero-order chi connectivity index (χ0) is 20.3. The summed E-state index contributed by atoms with van der Waals surface area (Å²) in [7, 11) is -2.33. The first-order valence-corrected chi connectivity index (χ1v) is 13.2. The molecule has 3 N–H and O–H groups in total.